The van der Waals surface area contributed by atoms with Crippen LogP contribution in [0.15, 0.2) is 158 Å². The Labute approximate surface area is 280 Å². The summed E-state index contributed by atoms with van der Waals surface area (Å²) < 4.78 is 0. The molecular weight excluding hydrogens is 579 g/mol. The minimum atomic E-state index is -0.0523. The fourth-order valence-corrected chi connectivity index (χ4v) is 8.44. The second kappa shape index (κ2) is 10.0. The number of benzene rings is 8. The van der Waals surface area contributed by atoms with Crippen LogP contribution in [0.3, 0.4) is 0 Å². The Morgan fingerprint density at radius 1 is 0.354 bits per heavy atom. The summed E-state index contributed by atoms with van der Waals surface area (Å²) in [5, 5.41) is 7.67. The van der Waals surface area contributed by atoms with E-state index < -0.39 is 0 Å². The smallest absolute Gasteiger partial charge is 0.0551 e. The van der Waals surface area contributed by atoms with Crippen LogP contribution in [-0.4, -0.2) is 4.98 Å². The highest BCUT2D eigenvalue weighted by Gasteiger charge is 2.35. The number of aromatic nitrogens is 1. The first-order chi connectivity index (χ1) is 23.6. The SMILES string of the molecule is CC1(C)c2ccccc2-c2ccc(-c3cc(-c4ccccc4)cc(-c4cccc5c4[nH]c4c6ccccc6c6ccccc6c54)c3)cc21. The van der Waals surface area contributed by atoms with Crippen LogP contribution < -0.4 is 0 Å². The summed E-state index contributed by atoms with van der Waals surface area (Å²) in [4.78, 5) is 3.95. The molecule has 0 saturated heterocycles. The van der Waals surface area contributed by atoms with Gasteiger partial charge in [-0.15, -0.1) is 0 Å². The van der Waals surface area contributed by atoms with Gasteiger partial charge < -0.3 is 4.98 Å². The molecule has 1 aliphatic rings. The molecule has 48 heavy (non-hydrogen) atoms. The van der Waals surface area contributed by atoms with Gasteiger partial charge in [-0.1, -0.05) is 147 Å². The van der Waals surface area contributed by atoms with Crippen molar-refractivity contribution in [3.63, 3.8) is 0 Å². The molecule has 0 radical (unpaired) electrons. The van der Waals surface area contributed by atoms with Crippen LogP contribution in [0.1, 0.15) is 25.0 Å². The average Bonchev–Trinajstić information content (AvgIpc) is 3.65. The summed E-state index contributed by atoms with van der Waals surface area (Å²) in [5.41, 5.74) is 15.2. The molecule has 0 spiro atoms. The molecule has 10 rings (SSSR count). The third-order valence-corrected chi connectivity index (χ3v) is 10.8. The molecule has 0 saturated carbocycles. The zero-order valence-corrected chi connectivity index (χ0v) is 27.0. The van der Waals surface area contributed by atoms with Gasteiger partial charge in [-0.2, -0.15) is 0 Å². The Morgan fingerprint density at radius 2 is 0.938 bits per heavy atom. The molecule has 0 fully saturated rings. The van der Waals surface area contributed by atoms with Crippen molar-refractivity contribution < 1.29 is 0 Å². The maximum absolute atomic E-state index is 3.95. The van der Waals surface area contributed by atoms with Crippen molar-refractivity contribution in [2.75, 3.05) is 0 Å². The Bertz CT molecular complexity index is 2740. The van der Waals surface area contributed by atoms with Crippen LogP contribution in [0.25, 0.3) is 87.9 Å². The van der Waals surface area contributed by atoms with Gasteiger partial charge in [-0.3, -0.25) is 0 Å². The lowest BCUT2D eigenvalue weighted by Crippen LogP contribution is -2.14. The van der Waals surface area contributed by atoms with Gasteiger partial charge in [0.25, 0.3) is 0 Å². The van der Waals surface area contributed by atoms with Crippen LogP contribution in [0.2, 0.25) is 0 Å². The second-order valence-electron chi connectivity index (χ2n) is 13.8. The molecule has 226 valence electrons. The molecule has 9 aromatic rings. The third kappa shape index (κ3) is 3.85. The van der Waals surface area contributed by atoms with E-state index in [-0.39, 0.29) is 5.41 Å². The van der Waals surface area contributed by atoms with Crippen molar-refractivity contribution in [3.05, 3.63) is 169 Å². The largest absolute Gasteiger partial charge is 0.353 e. The fraction of sp³-hybridized carbons (Fsp3) is 0.0638. The van der Waals surface area contributed by atoms with Crippen molar-refractivity contribution in [3.8, 4) is 44.5 Å². The van der Waals surface area contributed by atoms with E-state index in [0.717, 1.165) is 0 Å². The standard InChI is InChI=1S/C47H33N/c1-47(2)42-22-11-10-17-37(42)38-24-23-30(28-43(38)47)32-25-31(29-13-4-3-5-14-29)26-33(27-32)34-20-12-21-41-44-39-18-8-6-15-35(39)36-16-7-9-19-40(36)46(44)48-45(34)41/h3-28,48H,1-2H3. The van der Waals surface area contributed by atoms with Gasteiger partial charge in [0, 0.05) is 27.1 Å². The van der Waals surface area contributed by atoms with E-state index in [4.69, 9.17) is 0 Å². The number of hydrogen-bond donors (Lipinski definition) is 1. The van der Waals surface area contributed by atoms with Crippen molar-refractivity contribution in [2.45, 2.75) is 19.3 Å². The van der Waals surface area contributed by atoms with Gasteiger partial charge in [0.1, 0.15) is 0 Å². The number of rotatable bonds is 3. The predicted molar refractivity (Wildman–Crippen MR) is 205 cm³/mol. The predicted octanol–water partition coefficient (Wildman–Crippen LogP) is 12.9. The number of hydrogen-bond acceptors (Lipinski definition) is 0. The molecule has 1 heteroatoms. The highest BCUT2D eigenvalue weighted by atomic mass is 14.7. The Morgan fingerprint density at radius 3 is 1.75 bits per heavy atom. The summed E-state index contributed by atoms with van der Waals surface area (Å²) in [5.74, 6) is 0. The van der Waals surface area contributed by atoms with Gasteiger partial charge in [0.2, 0.25) is 0 Å². The van der Waals surface area contributed by atoms with Crippen LogP contribution in [0, 0.1) is 0 Å². The summed E-state index contributed by atoms with van der Waals surface area (Å²) >= 11 is 0. The van der Waals surface area contributed by atoms with E-state index in [9.17, 15) is 0 Å². The number of fused-ring (bicyclic) bond motifs is 11. The summed E-state index contributed by atoms with van der Waals surface area (Å²) in [6.45, 7) is 4.72. The van der Waals surface area contributed by atoms with Crippen molar-refractivity contribution >= 4 is 43.4 Å². The van der Waals surface area contributed by atoms with Gasteiger partial charge in [0.05, 0.1) is 11.0 Å². The lowest BCUT2D eigenvalue weighted by atomic mass is 9.81. The maximum atomic E-state index is 3.95. The Balaban J connectivity index is 1.23. The van der Waals surface area contributed by atoms with E-state index in [2.05, 4.69) is 177 Å². The molecule has 0 unspecified atom stereocenters. The summed E-state index contributed by atoms with van der Waals surface area (Å²) in [7, 11) is 0. The second-order valence-corrected chi connectivity index (χ2v) is 13.8. The Kier molecular flexibility index (Phi) is 5.69. The van der Waals surface area contributed by atoms with Crippen LogP contribution in [-0.2, 0) is 5.41 Å². The molecule has 1 nitrogen and oxygen atoms in total. The van der Waals surface area contributed by atoms with E-state index in [1.54, 1.807) is 0 Å². The van der Waals surface area contributed by atoms with Crippen molar-refractivity contribution in [1.29, 1.82) is 0 Å². The summed E-state index contributed by atoms with van der Waals surface area (Å²) in [6.07, 6.45) is 0. The lowest BCUT2D eigenvalue weighted by molar-refractivity contribution is 0.660. The zero-order valence-electron chi connectivity index (χ0n) is 27.0. The molecule has 8 aromatic carbocycles. The van der Waals surface area contributed by atoms with Crippen LogP contribution in [0.4, 0.5) is 0 Å². The average molecular weight is 612 g/mol. The lowest BCUT2D eigenvalue weighted by Gasteiger charge is -2.22. The molecule has 1 aliphatic carbocycles. The molecule has 1 heterocycles. The molecule has 0 amide bonds. The van der Waals surface area contributed by atoms with E-state index >= 15 is 0 Å². The first-order valence-corrected chi connectivity index (χ1v) is 16.9. The van der Waals surface area contributed by atoms with Gasteiger partial charge in [-0.05, 0) is 90.5 Å². The van der Waals surface area contributed by atoms with Crippen molar-refractivity contribution in [1.82, 2.24) is 4.98 Å². The molecular formula is C47H33N. The quantitative estimate of drug-likeness (QED) is 0.191. The normalized spacial score (nSPS) is 13.4. The molecule has 0 aliphatic heterocycles. The molecule has 0 bridgehead atoms. The minimum absolute atomic E-state index is 0.0523. The fourth-order valence-electron chi connectivity index (χ4n) is 8.44. The number of aromatic amines is 1. The highest BCUT2D eigenvalue weighted by Crippen LogP contribution is 2.50. The number of nitrogens with one attached hydrogen (secondary N) is 1. The van der Waals surface area contributed by atoms with Crippen LogP contribution >= 0.6 is 0 Å². The first-order valence-electron chi connectivity index (χ1n) is 16.9. The van der Waals surface area contributed by atoms with Crippen LogP contribution in [0.5, 0.6) is 0 Å². The number of H-pyrrole nitrogens is 1. The highest BCUT2D eigenvalue weighted by molar-refractivity contribution is 6.32. The van der Waals surface area contributed by atoms with Gasteiger partial charge >= 0.3 is 0 Å². The molecule has 0 atom stereocenters. The molecule has 1 N–H and O–H groups in total. The summed E-state index contributed by atoms with van der Waals surface area (Å²) in [6, 6.07) is 58.3. The third-order valence-electron chi connectivity index (χ3n) is 10.8. The zero-order chi connectivity index (χ0) is 32.0. The van der Waals surface area contributed by atoms with E-state index in [0.29, 0.717) is 0 Å². The maximum Gasteiger partial charge on any atom is 0.0551 e. The Hall–Kier alpha value is -5.92. The van der Waals surface area contributed by atoms with Gasteiger partial charge in [0.15, 0.2) is 0 Å². The first kappa shape index (κ1) is 27.2. The minimum Gasteiger partial charge on any atom is -0.353 e. The van der Waals surface area contributed by atoms with E-state index in [1.807, 2.05) is 0 Å². The molecule has 1 aromatic heterocycles. The topological polar surface area (TPSA) is 15.8 Å². The van der Waals surface area contributed by atoms with E-state index in [1.165, 1.54) is 99.0 Å². The van der Waals surface area contributed by atoms with Crippen molar-refractivity contribution in [2.24, 2.45) is 0 Å². The van der Waals surface area contributed by atoms with Gasteiger partial charge in [-0.25, -0.2) is 0 Å². The monoisotopic (exact) mass is 611 g/mol. The number of para-hydroxylation sites is 1.